The number of phosphoric acid groups is 2. The number of hydrogen-bond donors (Lipinski definition) is 8. The van der Waals surface area contributed by atoms with Gasteiger partial charge < -0.3 is 50.9 Å². The number of nitrogen functional groups attached to an aromatic ring is 2. The van der Waals surface area contributed by atoms with Crippen LogP contribution in [0.1, 0.15) is 12.5 Å². The maximum atomic E-state index is 13.0. The Labute approximate surface area is 239 Å². The summed E-state index contributed by atoms with van der Waals surface area (Å²) in [6, 6.07) is 1.25. The van der Waals surface area contributed by atoms with Crippen LogP contribution in [0, 0.1) is 0 Å². The Bertz CT molecular complexity index is 1630. The van der Waals surface area contributed by atoms with E-state index in [-0.39, 0.29) is 22.8 Å². The van der Waals surface area contributed by atoms with E-state index in [9.17, 15) is 34.1 Å². The van der Waals surface area contributed by atoms with Crippen molar-refractivity contribution in [1.29, 1.82) is 0 Å². The molecule has 43 heavy (non-hydrogen) atoms. The number of nitrogens with two attached hydrogens (primary N) is 2. The van der Waals surface area contributed by atoms with Crippen molar-refractivity contribution in [2.75, 3.05) is 24.7 Å². The van der Waals surface area contributed by atoms with E-state index in [0.717, 1.165) is 17.2 Å². The van der Waals surface area contributed by atoms with Crippen molar-refractivity contribution in [3.63, 3.8) is 0 Å². The lowest BCUT2D eigenvalue weighted by molar-refractivity contribution is -0.0634. The van der Waals surface area contributed by atoms with Gasteiger partial charge >= 0.3 is 21.3 Å². The fourth-order valence-electron chi connectivity index (χ4n) is 4.49. The van der Waals surface area contributed by atoms with E-state index < -0.39 is 83.6 Å². The Balaban J connectivity index is 1.33. The predicted octanol–water partition coefficient (Wildman–Crippen LogP) is -3.26. The van der Waals surface area contributed by atoms with Crippen LogP contribution >= 0.6 is 15.6 Å². The van der Waals surface area contributed by atoms with Crippen molar-refractivity contribution >= 4 is 38.4 Å². The number of rotatable bonds is 10. The third-order valence-electron chi connectivity index (χ3n) is 6.50. The lowest BCUT2D eigenvalue weighted by Crippen LogP contribution is -2.36. The highest BCUT2D eigenvalue weighted by atomic mass is 31.2. The summed E-state index contributed by atoms with van der Waals surface area (Å²) in [4.78, 5) is 56.2. The highest BCUT2D eigenvalue weighted by molar-refractivity contribution is 7.47. The summed E-state index contributed by atoms with van der Waals surface area (Å²) in [7, 11) is -10.2. The van der Waals surface area contributed by atoms with Gasteiger partial charge in [0, 0.05) is 6.20 Å². The molecule has 3 aromatic heterocycles. The number of hydrogen-bond acceptors (Lipinski definition) is 17. The standard InChI is InChI=1S/C19H26N8O14P2/c20-9-1-2-26(19(31)25-9)17-13(30)11(28)7(39-17)4-38-43(35,36)41-14-12(29)8(3-37-42(32,33)34)40-18(14)27-6-24-10-15(21)22-5-23-16(10)27/h1-2,5-8,11-14,17-18,28-30H,3-4H2,(H,35,36)(H2,20,25,31)(H2,21,22,23)(H2,32,33,34)/t7-,8-,11-,12-,13-,14-,17-,18-/m1/s1. The molecule has 0 spiro atoms. The molecule has 0 saturated carbocycles. The molecule has 2 aliphatic heterocycles. The lowest BCUT2D eigenvalue weighted by Gasteiger charge is -2.25. The fourth-order valence-corrected chi connectivity index (χ4v) is 5.76. The molecule has 22 nitrogen and oxygen atoms in total. The third-order valence-corrected chi connectivity index (χ3v) is 7.97. The molecule has 2 fully saturated rings. The van der Waals surface area contributed by atoms with Crippen LogP contribution in [0.5, 0.6) is 0 Å². The summed E-state index contributed by atoms with van der Waals surface area (Å²) in [6.07, 6.45) is -9.44. The van der Waals surface area contributed by atoms with Crippen LogP contribution in [0.3, 0.4) is 0 Å². The number of fused-ring (bicyclic) bond motifs is 1. The number of imidazole rings is 1. The van der Waals surface area contributed by atoms with Crippen molar-refractivity contribution in [1.82, 2.24) is 29.1 Å². The molecule has 2 saturated heterocycles. The molecule has 236 valence electrons. The second kappa shape index (κ2) is 11.9. The number of aliphatic hydroxyl groups is 3. The number of ether oxygens (including phenoxy) is 2. The number of phosphoric ester groups is 2. The summed E-state index contributed by atoms with van der Waals surface area (Å²) in [5.74, 6) is -0.121. The second-order valence-electron chi connectivity index (χ2n) is 9.35. The molecule has 0 aliphatic carbocycles. The normalized spacial score (nSPS) is 31.0. The van der Waals surface area contributed by atoms with Crippen LogP contribution in [0.25, 0.3) is 11.2 Å². The molecule has 0 aromatic carbocycles. The molecule has 24 heteroatoms. The zero-order valence-electron chi connectivity index (χ0n) is 21.5. The van der Waals surface area contributed by atoms with Crippen LogP contribution in [-0.4, -0.2) is 109 Å². The van der Waals surface area contributed by atoms with Crippen LogP contribution < -0.4 is 17.2 Å². The SMILES string of the molecule is Nc1ccn([C@@H]2O[C@H](COP(=O)(O)O[C@@H]3[C@H](O)[C@@H](COP(=O)(O)O)O[C@H]3n3cnc4c(N)ncnc43)[C@@H](O)[C@H]2O)c(=O)n1. The van der Waals surface area contributed by atoms with Gasteiger partial charge in [-0.05, 0) is 6.07 Å². The number of aromatic nitrogens is 6. The van der Waals surface area contributed by atoms with Crippen molar-refractivity contribution < 1.29 is 62.2 Å². The minimum atomic E-state index is -5.17. The minimum absolute atomic E-state index is 0.0232. The summed E-state index contributed by atoms with van der Waals surface area (Å²) in [6.45, 7) is -1.71. The zero-order chi connectivity index (χ0) is 31.3. The summed E-state index contributed by atoms with van der Waals surface area (Å²) < 4.78 is 52.0. The molecule has 0 amide bonds. The van der Waals surface area contributed by atoms with Crippen LogP contribution in [0.15, 0.2) is 29.7 Å². The van der Waals surface area contributed by atoms with E-state index in [1.807, 2.05) is 0 Å². The van der Waals surface area contributed by atoms with E-state index in [0.29, 0.717) is 0 Å². The molecule has 1 unspecified atom stereocenters. The minimum Gasteiger partial charge on any atom is -0.387 e. The first kappa shape index (κ1) is 31.5. The van der Waals surface area contributed by atoms with E-state index in [1.54, 1.807) is 0 Å². The van der Waals surface area contributed by atoms with Crippen LogP contribution in [0.4, 0.5) is 11.6 Å². The van der Waals surface area contributed by atoms with E-state index in [2.05, 4.69) is 24.5 Å². The molecule has 3 aromatic rings. The Kier molecular flexibility index (Phi) is 8.68. The average molecular weight is 652 g/mol. The molecule has 0 bridgehead atoms. The molecule has 9 atom stereocenters. The molecule has 5 heterocycles. The van der Waals surface area contributed by atoms with Crippen LogP contribution in [-0.2, 0) is 32.2 Å². The Morgan fingerprint density at radius 3 is 2.28 bits per heavy atom. The summed E-state index contributed by atoms with van der Waals surface area (Å²) in [5.41, 5.74) is 10.5. The molecular weight excluding hydrogens is 626 g/mol. The second-order valence-corrected chi connectivity index (χ2v) is 12.0. The first-order chi connectivity index (χ1) is 20.1. The van der Waals surface area contributed by atoms with Gasteiger partial charge in [0.2, 0.25) is 0 Å². The number of anilines is 2. The van der Waals surface area contributed by atoms with E-state index >= 15 is 0 Å². The maximum Gasteiger partial charge on any atom is 0.472 e. The largest absolute Gasteiger partial charge is 0.472 e. The monoisotopic (exact) mass is 652 g/mol. The fraction of sp³-hybridized carbons (Fsp3) is 0.526. The van der Waals surface area contributed by atoms with E-state index in [4.69, 9.17) is 39.8 Å². The van der Waals surface area contributed by atoms with Gasteiger partial charge in [-0.1, -0.05) is 0 Å². The molecule has 5 rings (SSSR count). The van der Waals surface area contributed by atoms with Gasteiger partial charge in [0.05, 0.1) is 19.5 Å². The Hall–Kier alpha value is -2.95. The average Bonchev–Trinajstić information content (AvgIpc) is 3.57. The van der Waals surface area contributed by atoms with Gasteiger partial charge in [0.25, 0.3) is 0 Å². The quantitative estimate of drug-likeness (QED) is 0.0996. The maximum absolute atomic E-state index is 13.0. The van der Waals surface area contributed by atoms with E-state index in [1.165, 1.54) is 16.8 Å². The van der Waals surface area contributed by atoms with Crippen molar-refractivity contribution in [3.05, 3.63) is 35.4 Å². The Morgan fingerprint density at radius 1 is 0.907 bits per heavy atom. The van der Waals surface area contributed by atoms with Gasteiger partial charge in [-0.25, -0.2) is 28.9 Å². The van der Waals surface area contributed by atoms with Gasteiger partial charge in [0.1, 0.15) is 54.3 Å². The Morgan fingerprint density at radius 2 is 1.58 bits per heavy atom. The van der Waals surface area contributed by atoms with Crippen molar-refractivity contribution in [2.45, 2.75) is 49.1 Å². The number of aliphatic hydroxyl groups excluding tert-OH is 3. The smallest absolute Gasteiger partial charge is 0.387 e. The van der Waals surface area contributed by atoms with Gasteiger partial charge in [0.15, 0.2) is 23.9 Å². The lowest BCUT2D eigenvalue weighted by atomic mass is 10.1. The van der Waals surface area contributed by atoms with Crippen LogP contribution in [0.2, 0.25) is 0 Å². The van der Waals surface area contributed by atoms with Gasteiger partial charge in [-0.3, -0.25) is 22.7 Å². The molecule has 0 radical (unpaired) electrons. The highest BCUT2D eigenvalue weighted by Crippen LogP contribution is 2.50. The van der Waals surface area contributed by atoms with Gasteiger partial charge in [-0.15, -0.1) is 0 Å². The van der Waals surface area contributed by atoms with Crippen molar-refractivity contribution in [2.24, 2.45) is 0 Å². The van der Waals surface area contributed by atoms with Crippen molar-refractivity contribution in [3.8, 4) is 0 Å². The highest BCUT2D eigenvalue weighted by Gasteiger charge is 2.51. The molecule has 10 N–H and O–H groups in total. The topological polar surface area (TPSA) is 332 Å². The first-order valence-electron chi connectivity index (χ1n) is 12.1. The third kappa shape index (κ3) is 6.61. The summed E-state index contributed by atoms with van der Waals surface area (Å²) in [5, 5.41) is 31.7. The van der Waals surface area contributed by atoms with Gasteiger partial charge in [-0.2, -0.15) is 4.98 Å². The molecule has 2 aliphatic rings. The summed E-state index contributed by atoms with van der Waals surface area (Å²) >= 11 is 0. The zero-order valence-corrected chi connectivity index (χ0v) is 23.3. The number of nitrogens with zero attached hydrogens (tertiary/aromatic N) is 6. The predicted molar refractivity (Wildman–Crippen MR) is 137 cm³/mol. The first-order valence-corrected chi connectivity index (χ1v) is 15.2. The molecular formula is C19H26N8O14P2.